The van der Waals surface area contributed by atoms with E-state index in [9.17, 15) is 14.4 Å². The number of benzene rings is 2. The normalized spacial score (nSPS) is 9.92. The van der Waals surface area contributed by atoms with E-state index in [1.54, 1.807) is 48.5 Å². The standard InChI is InChI=1S/C17H18N4O3/c1-11(22)19-14-4-3-5-15(10-14)20-17(24)21(12(2)23)16-8-6-13(18)7-9-16/h3-10H,18H2,1-2H3,(H,19,22)(H,20,24). The van der Waals surface area contributed by atoms with Crippen LogP contribution in [0.25, 0.3) is 0 Å². The van der Waals surface area contributed by atoms with Crippen LogP contribution in [0.3, 0.4) is 0 Å². The lowest BCUT2D eigenvalue weighted by Gasteiger charge is -2.20. The van der Waals surface area contributed by atoms with E-state index in [4.69, 9.17) is 5.73 Å². The summed E-state index contributed by atoms with van der Waals surface area (Å²) in [7, 11) is 0. The van der Waals surface area contributed by atoms with Gasteiger partial charge in [0.15, 0.2) is 0 Å². The average molecular weight is 326 g/mol. The van der Waals surface area contributed by atoms with Gasteiger partial charge in [-0.25, -0.2) is 9.69 Å². The molecule has 0 saturated carbocycles. The Balaban J connectivity index is 2.21. The fourth-order valence-corrected chi connectivity index (χ4v) is 2.12. The third kappa shape index (κ3) is 4.33. The van der Waals surface area contributed by atoms with Crippen LogP contribution in [-0.4, -0.2) is 17.8 Å². The number of amides is 4. The summed E-state index contributed by atoms with van der Waals surface area (Å²) in [5.74, 6) is -0.652. The number of nitrogen functional groups attached to an aromatic ring is 1. The Morgan fingerprint density at radius 1 is 0.917 bits per heavy atom. The van der Waals surface area contributed by atoms with Crippen LogP contribution in [0.2, 0.25) is 0 Å². The molecule has 2 aromatic rings. The Morgan fingerprint density at radius 2 is 1.50 bits per heavy atom. The summed E-state index contributed by atoms with van der Waals surface area (Å²) in [4.78, 5) is 36.4. The molecule has 0 aliphatic rings. The zero-order chi connectivity index (χ0) is 17.7. The lowest BCUT2D eigenvalue weighted by atomic mass is 10.2. The lowest BCUT2D eigenvalue weighted by molar-refractivity contribution is -0.116. The van der Waals surface area contributed by atoms with E-state index in [0.29, 0.717) is 22.7 Å². The van der Waals surface area contributed by atoms with Gasteiger partial charge >= 0.3 is 6.03 Å². The highest BCUT2D eigenvalue weighted by atomic mass is 16.2. The Kier molecular flexibility index (Phi) is 5.16. The van der Waals surface area contributed by atoms with Gasteiger partial charge in [0.1, 0.15) is 0 Å². The minimum atomic E-state index is -0.604. The fourth-order valence-electron chi connectivity index (χ4n) is 2.12. The molecule has 0 aliphatic heterocycles. The first-order chi connectivity index (χ1) is 11.4. The number of imide groups is 1. The molecule has 0 fully saturated rings. The second-order valence-electron chi connectivity index (χ2n) is 5.14. The predicted molar refractivity (Wildman–Crippen MR) is 93.8 cm³/mol. The molecule has 0 heterocycles. The SMILES string of the molecule is CC(=O)Nc1cccc(NC(=O)N(C(C)=O)c2ccc(N)cc2)c1. The van der Waals surface area contributed by atoms with Gasteiger partial charge in [-0.1, -0.05) is 6.07 Å². The van der Waals surface area contributed by atoms with E-state index in [1.165, 1.54) is 13.8 Å². The summed E-state index contributed by atoms with van der Waals surface area (Å²) in [6.45, 7) is 2.69. The van der Waals surface area contributed by atoms with Crippen molar-refractivity contribution in [1.29, 1.82) is 0 Å². The lowest BCUT2D eigenvalue weighted by Crippen LogP contribution is -2.38. The molecular weight excluding hydrogens is 308 g/mol. The van der Waals surface area contributed by atoms with Gasteiger partial charge in [-0.3, -0.25) is 9.59 Å². The molecular formula is C17H18N4O3. The van der Waals surface area contributed by atoms with E-state index >= 15 is 0 Å². The number of nitrogens with zero attached hydrogens (tertiary/aromatic N) is 1. The van der Waals surface area contributed by atoms with E-state index in [2.05, 4.69) is 10.6 Å². The summed E-state index contributed by atoms with van der Waals surface area (Å²) < 4.78 is 0. The monoisotopic (exact) mass is 326 g/mol. The minimum absolute atomic E-state index is 0.217. The van der Waals surface area contributed by atoms with Gasteiger partial charge in [-0.2, -0.15) is 0 Å². The third-order valence-electron chi connectivity index (χ3n) is 3.10. The van der Waals surface area contributed by atoms with Gasteiger partial charge in [0.2, 0.25) is 11.8 Å². The number of nitrogens with one attached hydrogen (secondary N) is 2. The maximum absolute atomic E-state index is 12.4. The summed E-state index contributed by atoms with van der Waals surface area (Å²) in [6.07, 6.45) is 0. The molecule has 7 nitrogen and oxygen atoms in total. The maximum atomic E-state index is 12.4. The smallest absolute Gasteiger partial charge is 0.333 e. The summed E-state index contributed by atoms with van der Waals surface area (Å²) in [5.41, 5.74) is 7.56. The van der Waals surface area contributed by atoms with Crippen molar-refractivity contribution in [3.05, 3.63) is 48.5 Å². The molecule has 2 rings (SSSR count). The van der Waals surface area contributed by atoms with Crippen molar-refractivity contribution >= 4 is 40.6 Å². The molecule has 7 heteroatoms. The molecule has 0 unspecified atom stereocenters. The first kappa shape index (κ1) is 17.0. The molecule has 2 aromatic carbocycles. The highest BCUT2D eigenvalue weighted by Gasteiger charge is 2.20. The van der Waals surface area contributed by atoms with Crippen molar-refractivity contribution < 1.29 is 14.4 Å². The number of carbonyl (C=O) groups is 3. The Morgan fingerprint density at radius 3 is 2.04 bits per heavy atom. The number of hydrogen-bond donors (Lipinski definition) is 3. The van der Waals surface area contributed by atoms with Crippen LogP contribution in [0.4, 0.5) is 27.5 Å². The first-order valence-corrected chi connectivity index (χ1v) is 7.21. The fraction of sp³-hybridized carbons (Fsp3) is 0.118. The van der Waals surface area contributed by atoms with Crippen LogP contribution in [-0.2, 0) is 9.59 Å². The zero-order valence-electron chi connectivity index (χ0n) is 13.4. The van der Waals surface area contributed by atoms with Crippen LogP contribution in [0.1, 0.15) is 13.8 Å². The minimum Gasteiger partial charge on any atom is -0.399 e. The van der Waals surface area contributed by atoms with Crippen LogP contribution < -0.4 is 21.3 Å². The van der Waals surface area contributed by atoms with Crippen molar-refractivity contribution in [3.8, 4) is 0 Å². The van der Waals surface area contributed by atoms with Crippen LogP contribution in [0.15, 0.2) is 48.5 Å². The highest BCUT2D eigenvalue weighted by molar-refractivity contribution is 6.17. The molecule has 0 spiro atoms. The molecule has 0 radical (unpaired) electrons. The summed E-state index contributed by atoms with van der Waals surface area (Å²) in [5, 5.41) is 5.26. The van der Waals surface area contributed by atoms with E-state index in [1.807, 2.05) is 0 Å². The van der Waals surface area contributed by atoms with Gasteiger partial charge < -0.3 is 16.4 Å². The first-order valence-electron chi connectivity index (χ1n) is 7.21. The number of hydrogen-bond acceptors (Lipinski definition) is 4. The van der Waals surface area contributed by atoms with Crippen molar-refractivity contribution in [2.24, 2.45) is 0 Å². The van der Waals surface area contributed by atoms with Gasteiger partial charge in [0, 0.05) is 30.9 Å². The highest BCUT2D eigenvalue weighted by Crippen LogP contribution is 2.20. The molecule has 4 amide bonds. The van der Waals surface area contributed by atoms with E-state index < -0.39 is 11.9 Å². The number of urea groups is 1. The summed E-state index contributed by atoms with van der Waals surface area (Å²) in [6, 6.07) is 12.4. The zero-order valence-corrected chi connectivity index (χ0v) is 13.4. The van der Waals surface area contributed by atoms with Crippen molar-refractivity contribution in [2.45, 2.75) is 13.8 Å². The van der Waals surface area contributed by atoms with Gasteiger partial charge in [-0.15, -0.1) is 0 Å². The number of rotatable bonds is 3. The average Bonchev–Trinajstić information content (AvgIpc) is 2.48. The topological polar surface area (TPSA) is 105 Å². The number of nitrogens with two attached hydrogens (primary N) is 1. The Labute approximate surface area is 139 Å². The van der Waals surface area contributed by atoms with Crippen LogP contribution >= 0.6 is 0 Å². The molecule has 0 atom stereocenters. The summed E-state index contributed by atoms with van der Waals surface area (Å²) >= 11 is 0. The molecule has 124 valence electrons. The molecule has 0 aromatic heterocycles. The van der Waals surface area contributed by atoms with Crippen molar-refractivity contribution in [3.63, 3.8) is 0 Å². The second kappa shape index (κ2) is 7.28. The quantitative estimate of drug-likeness (QED) is 0.754. The number of carbonyl (C=O) groups excluding carboxylic acids is 3. The maximum Gasteiger partial charge on any atom is 0.333 e. The largest absolute Gasteiger partial charge is 0.399 e. The predicted octanol–water partition coefficient (Wildman–Crippen LogP) is 2.81. The van der Waals surface area contributed by atoms with Crippen molar-refractivity contribution in [2.75, 3.05) is 21.3 Å². The van der Waals surface area contributed by atoms with Gasteiger partial charge in [0.25, 0.3) is 0 Å². The molecule has 0 aliphatic carbocycles. The van der Waals surface area contributed by atoms with E-state index in [0.717, 1.165) is 4.90 Å². The Hall–Kier alpha value is -3.35. The number of anilines is 4. The molecule has 24 heavy (non-hydrogen) atoms. The van der Waals surface area contributed by atoms with Crippen LogP contribution in [0.5, 0.6) is 0 Å². The van der Waals surface area contributed by atoms with Gasteiger partial charge in [0.05, 0.1) is 5.69 Å². The van der Waals surface area contributed by atoms with Crippen molar-refractivity contribution in [1.82, 2.24) is 0 Å². The Bertz CT molecular complexity index is 772. The molecule has 0 saturated heterocycles. The third-order valence-corrected chi connectivity index (χ3v) is 3.10. The van der Waals surface area contributed by atoms with Crippen LogP contribution in [0, 0.1) is 0 Å². The molecule has 4 N–H and O–H groups in total. The second-order valence-corrected chi connectivity index (χ2v) is 5.14. The molecule has 0 bridgehead atoms. The van der Waals surface area contributed by atoms with Gasteiger partial charge in [-0.05, 0) is 42.5 Å². The van der Waals surface area contributed by atoms with E-state index in [-0.39, 0.29) is 5.91 Å².